The Morgan fingerprint density at radius 1 is 1.25 bits per heavy atom. The highest BCUT2D eigenvalue weighted by atomic mass is 35.5. The number of alkyl halides is 1. The number of aryl methyl sites for hydroxylation is 2. The average Bonchev–Trinajstić information content (AvgIpc) is 2.01. The van der Waals surface area contributed by atoms with Crippen LogP contribution in [-0.2, 0) is 0 Å². The molecule has 0 unspecified atom stereocenters. The highest BCUT2D eigenvalue weighted by molar-refractivity contribution is 6.18. The molecule has 1 aromatic carbocycles. The largest absolute Gasteiger partial charge is 0.387 e. The van der Waals surface area contributed by atoms with Gasteiger partial charge in [0.15, 0.2) is 0 Å². The minimum absolute atomic E-state index is 0.253. The molecule has 1 atom stereocenters. The van der Waals surface area contributed by atoms with E-state index >= 15 is 0 Å². The van der Waals surface area contributed by atoms with E-state index < -0.39 is 6.10 Å². The van der Waals surface area contributed by atoms with Crippen LogP contribution < -0.4 is 0 Å². The fourth-order valence-corrected chi connectivity index (χ4v) is 1.47. The molecule has 0 aliphatic carbocycles. The lowest BCUT2D eigenvalue weighted by Crippen LogP contribution is -1.99. The maximum Gasteiger partial charge on any atom is 0.0925 e. The number of halogens is 1. The Bertz CT molecular complexity index is 250. The lowest BCUT2D eigenvalue weighted by molar-refractivity contribution is 0.202. The number of aliphatic hydroxyl groups excluding tert-OH is 1. The molecule has 12 heavy (non-hydrogen) atoms. The molecular formula is C10H13ClO. The number of hydrogen-bond donors (Lipinski definition) is 1. The van der Waals surface area contributed by atoms with Crippen molar-refractivity contribution in [2.45, 2.75) is 20.0 Å². The van der Waals surface area contributed by atoms with Crippen LogP contribution in [0.4, 0.5) is 0 Å². The third kappa shape index (κ3) is 2.23. The molecule has 0 aromatic heterocycles. The lowest BCUT2D eigenvalue weighted by atomic mass is 10.0. The molecule has 2 heteroatoms. The maximum absolute atomic E-state index is 9.45. The molecule has 1 N–H and O–H groups in total. The molecule has 0 bridgehead atoms. The van der Waals surface area contributed by atoms with Gasteiger partial charge in [0.2, 0.25) is 0 Å². The number of benzene rings is 1. The second-order valence-electron chi connectivity index (χ2n) is 3.09. The Labute approximate surface area is 78.0 Å². The molecule has 1 rings (SSSR count). The summed E-state index contributed by atoms with van der Waals surface area (Å²) < 4.78 is 0. The van der Waals surface area contributed by atoms with Gasteiger partial charge in [-0.05, 0) is 19.4 Å². The van der Waals surface area contributed by atoms with Crippen LogP contribution in [0.25, 0.3) is 0 Å². The predicted octanol–water partition coefficient (Wildman–Crippen LogP) is 2.58. The van der Waals surface area contributed by atoms with E-state index in [0.29, 0.717) is 0 Å². The summed E-state index contributed by atoms with van der Waals surface area (Å²) in [6, 6.07) is 5.99. The molecule has 1 aromatic rings. The Kier molecular flexibility index (Phi) is 3.12. The van der Waals surface area contributed by atoms with E-state index in [1.54, 1.807) is 0 Å². The van der Waals surface area contributed by atoms with Gasteiger partial charge in [0, 0.05) is 0 Å². The van der Waals surface area contributed by atoms with Crippen molar-refractivity contribution < 1.29 is 5.11 Å². The molecule has 0 saturated heterocycles. The SMILES string of the molecule is Cc1cc(C)cc([C@H](O)CCl)c1. The summed E-state index contributed by atoms with van der Waals surface area (Å²) in [4.78, 5) is 0. The summed E-state index contributed by atoms with van der Waals surface area (Å²) in [7, 11) is 0. The first-order chi connectivity index (χ1) is 5.63. The Morgan fingerprint density at radius 3 is 2.17 bits per heavy atom. The van der Waals surface area contributed by atoms with Crippen molar-refractivity contribution in [2.24, 2.45) is 0 Å². The second-order valence-corrected chi connectivity index (χ2v) is 3.40. The molecule has 0 amide bonds. The van der Waals surface area contributed by atoms with Gasteiger partial charge in [-0.1, -0.05) is 29.3 Å². The number of aliphatic hydroxyl groups is 1. The summed E-state index contributed by atoms with van der Waals surface area (Å²) in [5.41, 5.74) is 3.23. The number of hydrogen-bond acceptors (Lipinski definition) is 1. The molecule has 0 fully saturated rings. The molecule has 0 heterocycles. The van der Waals surface area contributed by atoms with Gasteiger partial charge in [-0.15, -0.1) is 11.6 Å². The minimum Gasteiger partial charge on any atom is -0.387 e. The van der Waals surface area contributed by atoms with E-state index in [4.69, 9.17) is 11.6 Å². The second kappa shape index (κ2) is 3.92. The van der Waals surface area contributed by atoms with Crippen molar-refractivity contribution in [3.8, 4) is 0 Å². The van der Waals surface area contributed by atoms with Gasteiger partial charge in [0.05, 0.1) is 12.0 Å². The van der Waals surface area contributed by atoms with E-state index in [0.717, 1.165) is 16.7 Å². The van der Waals surface area contributed by atoms with Gasteiger partial charge >= 0.3 is 0 Å². The van der Waals surface area contributed by atoms with Crippen LogP contribution in [0.2, 0.25) is 0 Å². The topological polar surface area (TPSA) is 20.2 Å². The fraction of sp³-hybridized carbons (Fsp3) is 0.400. The minimum atomic E-state index is -0.537. The molecule has 0 radical (unpaired) electrons. The zero-order valence-electron chi connectivity index (χ0n) is 7.34. The van der Waals surface area contributed by atoms with Crippen LogP contribution in [0.5, 0.6) is 0 Å². The summed E-state index contributed by atoms with van der Waals surface area (Å²) in [5, 5.41) is 9.45. The summed E-state index contributed by atoms with van der Waals surface area (Å²) in [6.07, 6.45) is -0.537. The van der Waals surface area contributed by atoms with Crippen molar-refractivity contribution in [3.63, 3.8) is 0 Å². The van der Waals surface area contributed by atoms with E-state index in [9.17, 15) is 5.11 Å². The molecule has 0 aliphatic rings. The van der Waals surface area contributed by atoms with E-state index in [1.165, 1.54) is 0 Å². The third-order valence-electron chi connectivity index (χ3n) is 1.77. The first-order valence-corrected chi connectivity index (χ1v) is 4.49. The van der Waals surface area contributed by atoms with Crippen LogP contribution in [0.15, 0.2) is 18.2 Å². The summed E-state index contributed by atoms with van der Waals surface area (Å²) >= 11 is 5.54. The van der Waals surface area contributed by atoms with Crippen LogP contribution in [0.3, 0.4) is 0 Å². The summed E-state index contributed by atoms with van der Waals surface area (Å²) in [5.74, 6) is 0.253. The first-order valence-electron chi connectivity index (χ1n) is 3.95. The van der Waals surface area contributed by atoms with E-state index in [2.05, 4.69) is 6.07 Å². The standard InChI is InChI=1S/C10H13ClO/c1-7-3-8(2)5-9(4-7)10(12)6-11/h3-5,10,12H,6H2,1-2H3/t10-/m1/s1. The summed E-state index contributed by atoms with van der Waals surface area (Å²) in [6.45, 7) is 4.02. The normalized spacial score (nSPS) is 13.0. The van der Waals surface area contributed by atoms with Crippen molar-refractivity contribution in [1.29, 1.82) is 0 Å². The quantitative estimate of drug-likeness (QED) is 0.701. The third-order valence-corrected chi connectivity index (χ3v) is 2.07. The van der Waals surface area contributed by atoms with Crippen LogP contribution in [0.1, 0.15) is 22.8 Å². The van der Waals surface area contributed by atoms with Crippen molar-refractivity contribution >= 4 is 11.6 Å². The van der Waals surface area contributed by atoms with Crippen LogP contribution in [-0.4, -0.2) is 11.0 Å². The average molecular weight is 185 g/mol. The monoisotopic (exact) mass is 184 g/mol. The Hall–Kier alpha value is -0.530. The Morgan fingerprint density at radius 2 is 1.75 bits per heavy atom. The van der Waals surface area contributed by atoms with Gasteiger partial charge in [0.1, 0.15) is 0 Å². The molecule has 0 saturated carbocycles. The maximum atomic E-state index is 9.45. The Balaban J connectivity index is 3.00. The lowest BCUT2D eigenvalue weighted by Gasteiger charge is -2.08. The van der Waals surface area contributed by atoms with Crippen LogP contribution in [0, 0.1) is 13.8 Å². The van der Waals surface area contributed by atoms with Gasteiger partial charge in [-0.2, -0.15) is 0 Å². The molecule has 0 aliphatic heterocycles. The van der Waals surface area contributed by atoms with Crippen molar-refractivity contribution in [3.05, 3.63) is 34.9 Å². The molecular weight excluding hydrogens is 172 g/mol. The van der Waals surface area contributed by atoms with Gasteiger partial charge in [0.25, 0.3) is 0 Å². The van der Waals surface area contributed by atoms with E-state index in [1.807, 2.05) is 26.0 Å². The number of rotatable bonds is 2. The van der Waals surface area contributed by atoms with Crippen molar-refractivity contribution in [2.75, 3.05) is 5.88 Å². The molecule has 1 nitrogen and oxygen atoms in total. The predicted molar refractivity (Wildman–Crippen MR) is 51.6 cm³/mol. The van der Waals surface area contributed by atoms with Crippen LogP contribution >= 0.6 is 11.6 Å². The van der Waals surface area contributed by atoms with Gasteiger partial charge in [-0.3, -0.25) is 0 Å². The van der Waals surface area contributed by atoms with Gasteiger partial charge < -0.3 is 5.11 Å². The zero-order valence-corrected chi connectivity index (χ0v) is 8.10. The molecule has 66 valence electrons. The van der Waals surface area contributed by atoms with E-state index in [-0.39, 0.29) is 5.88 Å². The smallest absolute Gasteiger partial charge is 0.0925 e. The zero-order chi connectivity index (χ0) is 9.14. The van der Waals surface area contributed by atoms with Crippen molar-refractivity contribution in [1.82, 2.24) is 0 Å². The highest BCUT2D eigenvalue weighted by Gasteiger charge is 2.05. The highest BCUT2D eigenvalue weighted by Crippen LogP contribution is 2.17. The fourth-order valence-electron chi connectivity index (χ4n) is 1.29. The molecule has 0 spiro atoms. The van der Waals surface area contributed by atoms with Gasteiger partial charge in [-0.25, -0.2) is 0 Å². The first kappa shape index (κ1) is 9.56.